The van der Waals surface area contributed by atoms with Crippen LogP contribution in [-0.4, -0.2) is 37.3 Å². The van der Waals surface area contributed by atoms with Crippen LogP contribution in [0.15, 0.2) is 0 Å². The zero-order chi connectivity index (χ0) is 12.5. The van der Waals surface area contributed by atoms with Crippen LogP contribution in [0, 0.1) is 5.92 Å². The Morgan fingerprint density at radius 3 is 3.06 bits per heavy atom. The summed E-state index contributed by atoms with van der Waals surface area (Å²) in [6.07, 6.45) is 3.79. The second-order valence-corrected chi connectivity index (χ2v) is 6.24. The molecule has 0 amide bonds. The molecule has 1 aromatic heterocycles. The SMILES string of the molecule is O=C(O)C1CCCn2c(CC3CCSC3)nnc21. The zero-order valence-electron chi connectivity index (χ0n) is 10.2. The third-order valence-electron chi connectivity index (χ3n) is 3.84. The van der Waals surface area contributed by atoms with Gasteiger partial charge in [0.05, 0.1) is 0 Å². The maximum Gasteiger partial charge on any atom is 0.314 e. The first kappa shape index (κ1) is 12.0. The Balaban J connectivity index is 1.82. The van der Waals surface area contributed by atoms with Crippen LogP contribution >= 0.6 is 11.8 Å². The fourth-order valence-corrected chi connectivity index (χ4v) is 4.11. The molecule has 0 spiro atoms. The van der Waals surface area contributed by atoms with E-state index in [1.165, 1.54) is 17.9 Å². The van der Waals surface area contributed by atoms with Gasteiger partial charge in [0.15, 0.2) is 0 Å². The Morgan fingerprint density at radius 1 is 1.44 bits per heavy atom. The molecular weight excluding hydrogens is 250 g/mol. The van der Waals surface area contributed by atoms with Gasteiger partial charge in [0, 0.05) is 13.0 Å². The van der Waals surface area contributed by atoms with Gasteiger partial charge in [0.1, 0.15) is 17.6 Å². The largest absolute Gasteiger partial charge is 0.481 e. The van der Waals surface area contributed by atoms with Crippen molar-refractivity contribution in [3.63, 3.8) is 0 Å². The molecule has 0 radical (unpaired) electrons. The molecule has 3 rings (SSSR count). The van der Waals surface area contributed by atoms with Gasteiger partial charge in [-0.05, 0) is 36.7 Å². The van der Waals surface area contributed by atoms with Crippen molar-refractivity contribution in [2.75, 3.05) is 11.5 Å². The molecule has 2 aliphatic rings. The minimum absolute atomic E-state index is 0.460. The number of carboxylic acids is 1. The summed E-state index contributed by atoms with van der Waals surface area (Å²) in [7, 11) is 0. The summed E-state index contributed by atoms with van der Waals surface area (Å²) in [6, 6.07) is 0. The molecule has 2 aliphatic heterocycles. The number of carboxylic acid groups (broad SMARTS) is 1. The van der Waals surface area contributed by atoms with Gasteiger partial charge in [-0.15, -0.1) is 10.2 Å². The van der Waals surface area contributed by atoms with E-state index in [0.29, 0.717) is 18.2 Å². The van der Waals surface area contributed by atoms with E-state index in [2.05, 4.69) is 10.2 Å². The first-order chi connectivity index (χ1) is 8.75. The van der Waals surface area contributed by atoms with Gasteiger partial charge in [-0.2, -0.15) is 11.8 Å². The second kappa shape index (κ2) is 4.91. The number of fused-ring (bicyclic) bond motifs is 1. The molecule has 0 saturated carbocycles. The maximum atomic E-state index is 11.2. The molecule has 1 aromatic rings. The van der Waals surface area contributed by atoms with E-state index >= 15 is 0 Å². The molecule has 98 valence electrons. The first-order valence-corrected chi connectivity index (χ1v) is 7.63. The topological polar surface area (TPSA) is 68.0 Å². The molecule has 1 saturated heterocycles. The highest BCUT2D eigenvalue weighted by atomic mass is 32.2. The number of aromatic nitrogens is 3. The van der Waals surface area contributed by atoms with E-state index in [4.69, 9.17) is 0 Å². The van der Waals surface area contributed by atoms with E-state index in [0.717, 1.165) is 25.2 Å². The van der Waals surface area contributed by atoms with E-state index < -0.39 is 11.9 Å². The minimum Gasteiger partial charge on any atom is -0.481 e. The van der Waals surface area contributed by atoms with Gasteiger partial charge in [0.2, 0.25) is 0 Å². The fraction of sp³-hybridized carbons (Fsp3) is 0.750. The lowest BCUT2D eigenvalue weighted by atomic mass is 9.98. The Hall–Kier alpha value is -1.04. The average molecular weight is 267 g/mol. The van der Waals surface area contributed by atoms with Gasteiger partial charge >= 0.3 is 5.97 Å². The zero-order valence-corrected chi connectivity index (χ0v) is 11.0. The highest BCUT2D eigenvalue weighted by molar-refractivity contribution is 7.99. The van der Waals surface area contributed by atoms with E-state index in [-0.39, 0.29) is 0 Å². The van der Waals surface area contributed by atoms with Crippen LogP contribution in [0.25, 0.3) is 0 Å². The van der Waals surface area contributed by atoms with Crippen molar-refractivity contribution in [3.8, 4) is 0 Å². The quantitative estimate of drug-likeness (QED) is 0.899. The molecule has 1 fully saturated rings. The monoisotopic (exact) mass is 267 g/mol. The molecule has 0 aliphatic carbocycles. The van der Waals surface area contributed by atoms with Gasteiger partial charge < -0.3 is 9.67 Å². The lowest BCUT2D eigenvalue weighted by molar-refractivity contribution is -0.139. The summed E-state index contributed by atoms with van der Waals surface area (Å²) >= 11 is 2.00. The predicted octanol–water partition coefficient (Wildman–Crippen LogP) is 1.54. The molecule has 2 atom stereocenters. The summed E-state index contributed by atoms with van der Waals surface area (Å²) < 4.78 is 2.05. The Kier molecular flexibility index (Phi) is 3.28. The standard InChI is InChI=1S/C12H17N3O2S/c16-12(17)9-2-1-4-15-10(13-14-11(9)15)6-8-3-5-18-7-8/h8-9H,1-7H2,(H,16,17). The Morgan fingerprint density at radius 2 is 2.33 bits per heavy atom. The molecule has 0 aromatic carbocycles. The van der Waals surface area contributed by atoms with Crippen molar-refractivity contribution in [3.05, 3.63) is 11.6 Å². The van der Waals surface area contributed by atoms with E-state index in [1.807, 2.05) is 16.3 Å². The summed E-state index contributed by atoms with van der Waals surface area (Å²) in [4.78, 5) is 11.2. The maximum absolute atomic E-state index is 11.2. The molecule has 1 N–H and O–H groups in total. The molecule has 2 unspecified atom stereocenters. The summed E-state index contributed by atoms with van der Waals surface area (Å²) in [5, 5.41) is 17.6. The number of rotatable bonds is 3. The molecule has 5 nitrogen and oxygen atoms in total. The summed E-state index contributed by atoms with van der Waals surface area (Å²) in [5.74, 6) is 3.55. The number of carbonyl (C=O) groups is 1. The minimum atomic E-state index is -0.772. The van der Waals surface area contributed by atoms with Crippen LogP contribution in [0.1, 0.15) is 36.8 Å². The van der Waals surface area contributed by atoms with Crippen LogP contribution < -0.4 is 0 Å². The third kappa shape index (κ3) is 2.13. The van der Waals surface area contributed by atoms with Crippen molar-refractivity contribution in [2.45, 2.75) is 38.1 Å². The fourth-order valence-electron chi connectivity index (χ4n) is 2.82. The molecular formula is C12H17N3O2S. The van der Waals surface area contributed by atoms with Crippen molar-refractivity contribution in [2.24, 2.45) is 5.92 Å². The van der Waals surface area contributed by atoms with Gasteiger partial charge in [-0.25, -0.2) is 0 Å². The summed E-state index contributed by atoms with van der Waals surface area (Å²) in [6.45, 7) is 0.876. The van der Waals surface area contributed by atoms with Crippen molar-refractivity contribution in [1.82, 2.24) is 14.8 Å². The lowest BCUT2D eigenvalue weighted by Crippen LogP contribution is -2.24. The predicted molar refractivity (Wildman–Crippen MR) is 68.8 cm³/mol. The van der Waals surface area contributed by atoms with Crippen molar-refractivity contribution < 1.29 is 9.90 Å². The first-order valence-electron chi connectivity index (χ1n) is 6.48. The van der Waals surface area contributed by atoms with Gasteiger partial charge in [0.25, 0.3) is 0 Å². The molecule has 18 heavy (non-hydrogen) atoms. The number of thioether (sulfide) groups is 1. The van der Waals surface area contributed by atoms with E-state index in [1.54, 1.807) is 0 Å². The number of nitrogens with zero attached hydrogens (tertiary/aromatic N) is 3. The number of hydrogen-bond donors (Lipinski definition) is 1. The number of aliphatic carboxylic acids is 1. The normalized spacial score (nSPS) is 27.1. The highest BCUT2D eigenvalue weighted by Crippen LogP contribution is 2.30. The third-order valence-corrected chi connectivity index (χ3v) is 5.07. The average Bonchev–Trinajstić information content (AvgIpc) is 2.99. The summed E-state index contributed by atoms with van der Waals surface area (Å²) in [5.41, 5.74) is 0. The van der Waals surface area contributed by atoms with Crippen LogP contribution in [-0.2, 0) is 17.8 Å². The lowest BCUT2D eigenvalue weighted by Gasteiger charge is -2.21. The molecule has 6 heteroatoms. The van der Waals surface area contributed by atoms with Crippen LogP contribution in [0.3, 0.4) is 0 Å². The van der Waals surface area contributed by atoms with Gasteiger partial charge in [-0.3, -0.25) is 4.79 Å². The van der Waals surface area contributed by atoms with Gasteiger partial charge in [-0.1, -0.05) is 0 Å². The second-order valence-electron chi connectivity index (χ2n) is 5.09. The van der Waals surface area contributed by atoms with Crippen molar-refractivity contribution in [1.29, 1.82) is 0 Å². The molecule has 3 heterocycles. The van der Waals surface area contributed by atoms with Crippen LogP contribution in [0.2, 0.25) is 0 Å². The van der Waals surface area contributed by atoms with Crippen molar-refractivity contribution >= 4 is 17.7 Å². The molecule has 0 bridgehead atoms. The Bertz CT molecular complexity index is 454. The van der Waals surface area contributed by atoms with Crippen LogP contribution in [0.5, 0.6) is 0 Å². The Labute approximate surface area is 110 Å². The number of hydrogen-bond acceptors (Lipinski definition) is 4. The van der Waals surface area contributed by atoms with Crippen LogP contribution in [0.4, 0.5) is 0 Å². The van der Waals surface area contributed by atoms with E-state index in [9.17, 15) is 9.90 Å². The smallest absolute Gasteiger partial charge is 0.314 e. The highest BCUT2D eigenvalue weighted by Gasteiger charge is 2.31.